The molecule has 1 aromatic carbocycles. The second-order valence-electron chi connectivity index (χ2n) is 3.64. The Morgan fingerprint density at radius 2 is 1.93 bits per heavy atom. The van der Waals surface area contributed by atoms with E-state index < -0.39 is 4.92 Å². The molecule has 1 rings (SSSR count). The van der Waals surface area contributed by atoms with Crippen molar-refractivity contribution in [2.24, 2.45) is 5.92 Å². The van der Waals surface area contributed by atoms with Crippen LogP contribution in [0.25, 0.3) is 0 Å². The van der Waals surface area contributed by atoms with E-state index in [2.05, 4.69) is 0 Å². The van der Waals surface area contributed by atoms with Crippen LogP contribution in [0.1, 0.15) is 19.4 Å². The molecule has 0 aliphatic rings. The molecular formula is C11H13NO3. The molecule has 0 spiro atoms. The average molecular weight is 207 g/mol. The predicted molar refractivity (Wildman–Crippen MR) is 56.6 cm³/mol. The summed E-state index contributed by atoms with van der Waals surface area (Å²) in [5.41, 5.74) is 1.03. The van der Waals surface area contributed by atoms with Gasteiger partial charge in [-0.25, -0.2) is 0 Å². The number of hydrogen-bond donors (Lipinski definition) is 0. The van der Waals surface area contributed by atoms with Gasteiger partial charge in [-0.2, -0.15) is 0 Å². The fraction of sp³-hybridized carbons (Fsp3) is 0.364. The van der Waals surface area contributed by atoms with Crippen LogP contribution in [-0.4, -0.2) is 10.7 Å². The molecule has 0 aliphatic carbocycles. The third kappa shape index (κ3) is 3.16. The van der Waals surface area contributed by atoms with Crippen LogP contribution in [-0.2, 0) is 11.2 Å². The van der Waals surface area contributed by atoms with E-state index in [1.807, 2.05) is 6.92 Å². The maximum atomic E-state index is 11.0. The maximum Gasteiger partial charge on any atom is 0.269 e. The van der Waals surface area contributed by atoms with E-state index in [-0.39, 0.29) is 17.4 Å². The van der Waals surface area contributed by atoms with Crippen LogP contribution in [0.15, 0.2) is 24.3 Å². The minimum Gasteiger partial charge on any atom is -0.300 e. The molecule has 0 aromatic heterocycles. The van der Waals surface area contributed by atoms with Gasteiger partial charge >= 0.3 is 0 Å². The first kappa shape index (κ1) is 11.4. The SMILES string of the molecule is CC(=O)C(C)Cc1ccc([N+](=O)[O-])cc1. The zero-order valence-electron chi connectivity index (χ0n) is 8.77. The highest BCUT2D eigenvalue weighted by atomic mass is 16.6. The summed E-state index contributed by atoms with van der Waals surface area (Å²) in [7, 11) is 0. The lowest BCUT2D eigenvalue weighted by Crippen LogP contribution is -2.09. The van der Waals surface area contributed by atoms with E-state index in [0.717, 1.165) is 5.56 Å². The number of nitro groups is 1. The Morgan fingerprint density at radius 3 is 2.33 bits per heavy atom. The van der Waals surface area contributed by atoms with Gasteiger partial charge in [0.1, 0.15) is 5.78 Å². The van der Waals surface area contributed by atoms with Gasteiger partial charge in [0, 0.05) is 18.1 Å². The van der Waals surface area contributed by atoms with Gasteiger partial charge in [-0.05, 0) is 18.9 Å². The lowest BCUT2D eigenvalue weighted by molar-refractivity contribution is -0.384. The lowest BCUT2D eigenvalue weighted by Gasteiger charge is -2.06. The summed E-state index contributed by atoms with van der Waals surface area (Å²) in [4.78, 5) is 21.0. The molecule has 0 heterocycles. The van der Waals surface area contributed by atoms with Gasteiger partial charge in [-0.15, -0.1) is 0 Å². The Bertz CT molecular complexity index is 370. The number of ketones is 1. The van der Waals surface area contributed by atoms with Gasteiger partial charge < -0.3 is 0 Å². The van der Waals surface area contributed by atoms with E-state index >= 15 is 0 Å². The maximum absolute atomic E-state index is 11.0. The highest BCUT2D eigenvalue weighted by Gasteiger charge is 2.10. The van der Waals surface area contributed by atoms with E-state index in [0.29, 0.717) is 6.42 Å². The third-order valence-corrected chi connectivity index (χ3v) is 2.38. The predicted octanol–water partition coefficient (Wildman–Crippen LogP) is 2.36. The molecule has 0 radical (unpaired) electrons. The largest absolute Gasteiger partial charge is 0.300 e. The molecular weight excluding hydrogens is 194 g/mol. The van der Waals surface area contributed by atoms with Crippen molar-refractivity contribution in [2.75, 3.05) is 0 Å². The molecule has 15 heavy (non-hydrogen) atoms. The minimum atomic E-state index is -0.432. The molecule has 0 bridgehead atoms. The van der Waals surface area contributed by atoms with Crippen molar-refractivity contribution < 1.29 is 9.72 Å². The summed E-state index contributed by atoms with van der Waals surface area (Å²) >= 11 is 0. The fourth-order valence-corrected chi connectivity index (χ4v) is 1.25. The molecule has 80 valence electrons. The zero-order chi connectivity index (χ0) is 11.4. The quantitative estimate of drug-likeness (QED) is 0.562. The monoisotopic (exact) mass is 207 g/mol. The smallest absolute Gasteiger partial charge is 0.269 e. The first-order valence-corrected chi connectivity index (χ1v) is 4.74. The van der Waals surface area contributed by atoms with Crippen LogP contribution in [0.2, 0.25) is 0 Å². The van der Waals surface area contributed by atoms with Crippen molar-refractivity contribution in [1.82, 2.24) is 0 Å². The van der Waals surface area contributed by atoms with Gasteiger partial charge in [0.05, 0.1) is 4.92 Å². The number of hydrogen-bond acceptors (Lipinski definition) is 3. The average Bonchev–Trinajstić information content (AvgIpc) is 2.18. The molecule has 0 saturated carbocycles. The summed E-state index contributed by atoms with van der Waals surface area (Å²) in [6, 6.07) is 6.31. The lowest BCUT2D eigenvalue weighted by atomic mass is 9.98. The number of carbonyl (C=O) groups excluding carboxylic acids is 1. The number of rotatable bonds is 4. The summed E-state index contributed by atoms with van der Waals surface area (Å²) in [6.07, 6.45) is 0.632. The van der Waals surface area contributed by atoms with Gasteiger partial charge in [0.2, 0.25) is 0 Å². The van der Waals surface area contributed by atoms with Gasteiger partial charge in [0.25, 0.3) is 5.69 Å². The summed E-state index contributed by atoms with van der Waals surface area (Å²) in [5.74, 6) is 0.0970. The second kappa shape index (κ2) is 4.68. The summed E-state index contributed by atoms with van der Waals surface area (Å²) < 4.78 is 0. The van der Waals surface area contributed by atoms with Crippen molar-refractivity contribution in [3.8, 4) is 0 Å². The van der Waals surface area contributed by atoms with E-state index in [1.54, 1.807) is 19.1 Å². The van der Waals surface area contributed by atoms with E-state index in [9.17, 15) is 14.9 Å². The highest BCUT2D eigenvalue weighted by molar-refractivity contribution is 5.78. The number of Topliss-reactive ketones (excluding diaryl/α,β-unsaturated/α-hetero) is 1. The molecule has 0 aliphatic heterocycles. The van der Waals surface area contributed by atoms with Gasteiger partial charge in [0.15, 0.2) is 0 Å². The van der Waals surface area contributed by atoms with Crippen molar-refractivity contribution in [3.05, 3.63) is 39.9 Å². The van der Waals surface area contributed by atoms with Crippen LogP contribution >= 0.6 is 0 Å². The Balaban J connectivity index is 2.72. The van der Waals surface area contributed by atoms with Crippen LogP contribution in [0.5, 0.6) is 0 Å². The molecule has 1 unspecified atom stereocenters. The number of carbonyl (C=O) groups is 1. The molecule has 1 atom stereocenters. The Morgan fingerprint density at radius 1 is 1.40 bits per heavy atom. The Hall–Kier alpha value is -1.71. The molecule has 0 N–H and O–H groups in total. The summed E-state index contributed by atoms with van der Waals surface area (Å²) in [6.45, 7) is 3.40. The Kier molecular flexibility index (Phi) is 3.55. The van der Waals surface area contributed by atoms with Crippen LogP contribution in [0, 0.1) is 16.0 Å². The summed E-state index contributed by atoms with van der Waals surface area (Å²) in [5, 5.41) is 10.4. The molecule has 0 amide bonds. The normalized spacial score (nSPS) is 12.1. The van der Waals surface area contributed by atoms with Crippen LogP contribution < -0.4 is 0 Å². The number of non-ortho nitro benzene ring substituents is 1. The third-order valence-electron chi connectivity index (χ3n) is 2.38. The highest BCUT2D eigenvalue weighted by Crippen LogP contribution is 2.15. The van der Waals surface area contributed by atoms with E-state index in [4.69, 9.17) is 0 Å². The van der Waals surface area contributed by atoms with Gasteiger partial charge in [-0.1, -0.05) is 19.1 Å². The Labute approximate surface area is 88.1 Å². The van der Waals surface area contributed by atoms with Crippen LogP contribution in [0.4, 0.5) is 5.69 Å². The minimum absolute atomic E-state index is 0.0357. The molecule has 0 saturated heterocycles. The molecule has 4 heteroatoms. The van der Waals surface area contributed by atoms with Crippen molar-refractivity contribution in [2.45, 2.75) is 20.3 Å². The molecule has 4 nitrogen and oxygen atoms in total. The standard InChI is InChI=1S/C11H13NO3/c1-8(9(2)13)7-10-3-5-11(6-4-10)12(14)15/h3-6,8H,7H2,1-2H3. The zero-order valence-corrected chi connectivity index (χ0v) is 8.77. The molecule has 0 fully saturated rings. The fourth-order valence-electron chi connectivity index (χ4n) is 1.25. The number of nitrogens with zero attached hydrogens (tertiary/aromatic N) is 1. The number of nitro benzene ring substituents is 1. The first-order valence-electron chi connectivity index (χ1n) is 4.74. The van der Waals surface area contributed by atoms with Crippen molar-refractivity contribution >= 4 is 11.5 Å². The van der Waals surface area contributed by atoms with Crippen LogP contribution in [0.3, 0.4) is 0 Å². The van der Waals surface area contributed by atoms with Gasteiger partial charge in [-0.3, -0.25) is 14.9 Å². The van der Waals surface area contributed by atoms with Crippen molar-refractivity contribution in [3.63, 3.8) is 0 Å². The van der Waals surface area contributed by atoms with E-state index in [1.165, 1.54) is 12.1 Å². The second-order valence-corrected chi connectivity index (χ2v) is 3.64. The first-order chi connectivity index (χ1) is 7.00. The topological polar surface area (TPSA) is 60.2 Å². The number of benzene rings is 1. The van der Waals surface area contributed by atoms with Crippen molar-refractivity contribution in [1.29, 1.82) is 0 Å². The molecule has 1 aromatic rings.